The summed E-state index contributed by atoms with van der Waals surface area (Å²) in [4.78, 5) is 14.1. The van der Waals surface area contributed by atoms with Crippen molar-refractivity contribution >= 4 is 17.4 Å². The Hall–Kier alpha value is -2.15. The second-order valence-corrected chi connectivity index (χ2v) is 5.28. The van der Waals surface area contributed by atoms with Gasteiger partial charge < -0.3 is 0 Å². The number of nitrogens with zero attached hydrogens (tertiary/aromatic N) is 2. The summed E-state index contributed by atoms with van der Waals surface area (Å²) in [6, 6.07) is 16.3. The largest absolute Gasteiger partial charge is 0.295 e. The molecule has 0 saturated carbocycles. The van der Waals surface area contributed by atoms with E-state index in [1.165, 1.54) is 0 Å². The molecule has 3 nitrogen and oxygen atoms in total. The molecule has 0 aliphatic heterocycles. The lowest BCUT2D eigenvalue weighted by atomic mass is 10.1. The molecule has 106 valence electrons. The first-order chi connectivity index (χ1) is 10.1. The SMILES string of the molecule is CN(CC(=O)c1ccc(C#N)cc1)Cc1ccccc1Cl. The quantitative estimate of drug-likeness (QED) is 0.793. The Morgan fingerprint density at radius 1 is 1.19 bits per heavy atom. The van der Waals surface area contributed by atoms with E-state index in [0.29, 0.717) is 29.2 Å². The van der Waals surface area contributed by atoms with Crippen LogP contribution in [0.15, 0.2) is 48.5 Å². The van der Waals surface area contributed by atoms with Crippen LogP contribution in [0, 0.1) is 11.3 Å². The number of carbonyl (C=O) groups excluding carboxylic acids is 1. The minimum absolute atomic E-state index is 0.0223. The predicted octanol–water partition coefficient (Wildman–Crippen LogP) is 3.53. The molecule has 0 unspecified atom stereocenters. The van der Waals surface area contributed by atoms with Crippen LogP contribution in [0.4, 0.5) is 0 Å². The molecular weight excluding hydrogens is 284 g/mol. The topological polar surface area (TPSA) is 44.1 Å². The zero-order valence-corrected chi connectivity index (χ0v) is 12.5. The van der Waals surface area contributed by atoms with Crippen molar-refractivity contribution in [2.45, 2.75) is 6.54 Å². The zero-order valence-electron chi connectivity index (χ0n) is 11.7. The third-order valence-corrected chi connectivity index (χ3v) is 3.52. The van der Waals surface area contributed by atoms with E-state index in [0.717, 1.165) is 5.56 Å². The lowest BCUT2D eigenvalue weighted by Crippen LogP contribution is -2.25. The number of nitriles is 1. The highest BCUT2D eigenvalue weighted by Gasteiger charge is 2.11. The summed E-state index contributed by atoms with van der Waals surface area (Å²) in [5.74, 6) is 0.0223. The van der Waals surface area contributed by atoms with Crippen LogP contribution in [-0.4, -0.2) is 24.3 Å². The van der Waals surface area contributed by atoms with E-state index in [1.54, 1.807) is 24.3 Å². The third-order valence-electron chi connectivity index (χ3n) is 3.15. The molecule has 0 atom stereocenters. The number of rotatable bonds is 5. The van der Waals surface area contributed by atoms with Crippen molar-refractivity contribution in [2.24, 2.45) is 0 Å². The lowest BCUT2D eigenvalue weighted by molar-refractivity contribution is 0.0943. The minimum Gasteiger partial charge on any atom is -0.295 e. The third kappa shape index (κ3) is 4.16. The Kier molecular flexibility index (Phi) is 5.10. The van der Waals surface area contributed by atoms with E-state index in [4.69, 9.17) is 16.9 Å². The number of Topliss-reactive ketones (excluding diaryl/α,β-unsaturated/α-hetero) is 1. The summed E-state index contributed by atoms with van der Waals surface area (Å²) in [7, 11) is 1.88. The lowest BCUT2D eigenvalue weighted by Gasteiger charge is -2.16. The molecule has 21 heavy (non-hydrogen) atoms. The van der Waals surface area contributed by atoms with Crippen LogP contribution in [0.3, 0.4) is 0 Å². The van der Waals surface area contributed by atoms with Gasteiger partial charge in [-0.1, -0.05) is 41.9 Å². The van der Waals surface area contributed by atoms with Gasteiger partial charge in [-0.2, -0.15) is 5.26 Å². The van der Waals surface area contributed by atoms with Gasteiger partial charge >= 0.3 is 0 Å². The minimum atomic E-state index is 0.0223. The number of benzene rings is 2. The normalized spacial score (nSPS) is 10.4. The van der Waals surface area contributed by atoms with Crippen LogP contribution < -0.4 is 0 Å². The number of likely N-dealkylation sites (N-methyl/N-ethyl adjacent to an activating group) is 1. The molecule has 0 aliphatic carbocycles. The van der Waals surface area contributed by atoms with Gasteiger partial charge in [0, 0.05) is 17.1 Å². The van der Waals surface area contributed by atoms with Gasteiger partial charge in [-0.05, 0) is 30.8 Å². The predicted molar refractivity (Wildman–Crippen MR) is 83.3 cm³/mol. The summed E-state index contributed by atoms with van der Waals surface area (Å²) in [6.45, 7) is 0.915. The molecule has 0 saturated heterocycles. The highest BCUT2D eigenvalue weighted by molar-refractivity contribution is 6.31. The Balaban J connectivity index is 1.99. The molecule has 0 spiro atoms. The van der Waals surface area contributed by atoms with Gasteiger partial charge in [-0.3, -0.25) is 9.69 Å². The Morgan fingerprint density at radius 3 is 2.48 bits per heavy atom. The van der Waals surface area contributed by atoms with Crippen LogP contribution in [0.2, 0.25) is 5.02 Å². The molecule has 2 aromatic carbocycles. The summed E-state index contributed by atoms with van der Waals surface area (Å²) in [5.41, 5.74) is 2.16. The van der Waals surface area contributed by atoms with Crippen LogP contribution >= 0.6 is 11.6 Å². The molecule has 4 heteroatoms. The van der Waals surface area contributed by atoms with Gasteiger partial charge in [0.05, 0.1) is 18.2 Å². The fourth-order valence-electron chi connectivity index (χ4n) is 2.04. The van der Waals surface area contributed by atoms with Crippen molar-refractivity contribution in [3.05, 3.63) is 70.2 Å². The van der Waals surface area contributed by atoms with Crippen LogP contribution in [0.1, 0.15) is 21.5 Å². The fourth-order valence-corrected chi connectivity index (χ4v) is 2.24. The van der Waals surface area contributed by atoms with Gasteiger partial charge in [0.2, 0.25) is 0 Å². The maximum atomic E-state index is 12.2. The summed E-state index contributed by atoms with van der Waals surface area (Å²) in [6.07, 6.45) is 0. The monoisotopic (exact) mass is 298 g/mol. The number of hydrogen-bond donors (Lipinski definition) is 0. The maximum Gasteiger partial charge on any atom is 0.176 e. The van der Waals surface area contributed by atoms with Gasteiger partial charge in [0.1, 0.15) is 0 Å². The maximum absolute atomic E-state index is 12.2. The second kappa shape index (κ2) is 7.03. The van der Waals surface area contributed by atoms with Gasteiger partial charge in [-0.15, -0.1) is 0 Å². The molecule has 2 rings (SSSR count). The van der Waals surface area contributed by atoms with E-state index in [-0.39, 0.29) is 5.78 Å². The van der Waals surface area contributed by atoms with E-state index in [1.807, 2.05) is 42.3 Å². The van der Waals surface area contributed by atoms with E-state index >= 15 is 0 Å². The second-order valence-electron chi connectivity index (χ2n) is 4.88. The molecular formula is C17H15ClN2O. The van der Waals surface area contributed by atoms with Crippen molar-refractivity contribution in [2.75, 3.05) is 13.6 Å². The Labute approximate surface area is 129 Å². The molecule has 0 fully saturated rings. The Bertz CT molecular complexity index is 674. The summed E-state index contributed by atoms with van der Waals surface area (Å²) >= 11 is 6.11. The average Bonchev–Trinajstić information content (AvgIpc) is 2.49. The average molecular weight is 299 g/mol. The molecule has 0 radical (unpaired) electrons. The Morgan fingerprint density at radius 2 is 1.86 bits per heavy atom. The van der Waals surface area contributed by atoms with Crippen molar-refractivity contribution in [3.63, 3.8) is 0 Å². The van der Waals surface area contributed by atoms with Gasteiger partial charge in [-0.25, -0.2) is 0 Å². The first-order valence-electron chi connectivity index (χ1n) is 6.55. The fraction of sp³-hybridized carbons (Fsp3) is 0.176. The molecule has 2 aromatic rings. The number of carbonyl (C=O) groups is 1. The molecule has 0 amide bonds. The van der Waals surface area contributed by atoms with Crippen molar-refractivity contribution in [1.29, 1.82) is 5.26 Å². The standard InChI is InChI=1S/C17H15ClN2O/c1-20(11-15-4-2-3-5-16(15)18)12-17(21)14-8-6-13(10-19)7-9-14/h2-9H,11-12H2,1H3. The van der Waals surface area contributed by atoms with Crippen LogP contribution in [-0.2, 0) is 6.54 Å². The van der Waals surface area contributed by atoms with Crippen molar-refractivity contribution in [1.82, 2.24) is 4.90 Å². The van der Waals surface area contributed by atoms with E-state index < -0.39 is 0 Å². The van der Waals surface area contributed by atoms with Crippen molar-refractivity contribution < 1.29 is 4.79 Å². The van der Waals surface area contributed by atoms with Crippen molar-refractivity contribution in [3.8, 4) is 6.07 Å². The van der Waals surface area contributed by atoms with Crippen LogP contribution in [0.25, 0.3) is 0 Å². The summed E-state index contributed by atoms with van der Waals surface area (Å²) in [5, 5.41) is 9.45. The molecule has 0 bridgehead atoms. The highest BCUT2D eigenvalue weighted by atomic mass is 35.5. The number of halogens is 1. The van der Waals surface area contributed by atoms with Crippen LogP contribution in [0.5, 0.6) is 0 Å². The number of ketones is 1. The molecule has 0 aromatic heterocycles. The first kappa shape index (κ1) is 15.2. The van der Waals surface area contributed by atoms with Gasteiger partial charge in [0.25, 0.3) is 0 Å². The summed E-state index contributed by atoms with van der Waals surface area (Å²) < 4.78 is 0. The smallest absolute Gasteiger partial charge is 0.176 e. The van der Waals surface area contributed by atoms with E-state index in [2.05, 4.69) is 0 Å². The molecule has 0 N–H and O–H groups in total. The highest BCUT2D eigenvalue weighted by Crippen LogP contribution is 2.16. The first-order valence-corrected chi connectivity index (χ1v) is 6.93. The number of hydrogen-bond acceptors (Lipinski definition) is 3. The zero-order chi connectivity index (χ0) is 15.2. The molecule has 0 aliphatic rings. The van der Waals surface area contributed by atoms with Gasteiger partial charge in [0.15, 0.2) is 5.78 Å². The molecule has 0 heterocycles. The van der Waals surface area contributed by atoms with E-state index in [9.17, 15) is 4.79 Å².